The minimum Gasteiger partial charge on any atom is -0.324 e. The number of hydrogen-bond donors (Lipinski definition) is 1. The third kappa shape index (κ3) is 3.16. The quantitative estimate of drug-likeness (QED) is 0.310. The van der Waals surface area contributed by atoms with Crippen LogP contribution in [0.3, 0.4) is 0 Å². The molecule has 0 radical (unpaired) electrons. The summed E-state index contributed by atoms with van der Waals surface area (Å²) in [6.45, 7) is 0. The highest BCUT2D eigenvalue weighted by Crippen LogP contribution is 2.65. The second-order valence-corrected chi connectivity index (χ2v) is 9.70. The SMILES string of the molecule is O=C(Nc1ccc([N+](=O)[O-])cc1)[C@H](Cc1ccccc1)N1C(=O)[C@@H]2[C@H]3C=C[C@@H]([C@@H]4C[C@H]34)[C@@H]2C1=O. The average Bonchev–Trinajstić information content (AvgIpc) is 3.62. The van der Waals surface area contributed by atoms with Gasteiger partial charge in [0.1, 0.15) is 6.04 Å². The monoisotopic (exact) mass is 457 g/mol. The number of amides is 3. The molecule has 1 saturated heterocycles. The van der Waals surface area contributed by atoms with E-state index < -0.39 is 16.9 Å². The smallest absolute Gasteiger partial charge is 0.269 e. The first kappa shape index (κ1) is 20.8. The lowest BCUT2D eigenvalue weighted by Crippen LogP contribution is -2.49. The van der Waals surface area contributed by atoms with E-state index in [0.29, 0.717) is 17.5 Å². The second-order valence-electron chi connectivity index (χ2n) is 9.70. The van der Waals surface area contributed by atoms with E-state index in [0.717, 1.165) is 12.0 Å². The Morgan fingerprint density at radius 3 is 2.12 bits per heavy atom. The van der Waals surface area contributed by atoms with Gasteiger partial charge >= 0.3 is 0 Å². The number of nitro groups is 1. The van der Waals surface area contributed by atoms with Crippen LogP contribution in [0.5, 0.6) is 0 Å². The molecule has 0 spiro atoms. The van der Waals surface area contributed by atoms with Crippen molar-refractivity contribution < 1.29 is 19.3 Å². The van der Waals surface area contributed by atoms with Gasteiger partial charge in [0, 0.05) is 24.2 Å². The summed E-state index contributed by atoms with van der Waals surface area (Å²) in [5, 5.41) is 13.7. The number of benzene rings is 2. The van der Waals surface area contributed by atoms with Crippen molar-refractivity contribution in [3.05, 3.63) is 82.4 Å². The first-order valence-corrected chi connectivity index (χ1v) is 11.6. The number of likely N-dealkylation sites (tertiary alicyclic amines) is 1. The summed E-state index contributed by atoms with van der Waals surface area (Å²) < 4.78 is 0. The van der Waals surface area contributed by atoms with E-state index in [4.69, 9.17) is 0 Å². The molecule has 1 N–H and O–H groups in total. The molecule has 3 amide bonds. The maximum atomic E-state index is 13.6. The summed E-state index contributed by atoms with van der Waals surface area (Å²) in [4.78, 5) is 52.3. The Hall–Kier alpha value is -3.81. The molecule has 3 fully saturated rings. The van der Waals surface area contributed by atoms with Crippen molar-refractivity contribution in [2.45, 2.75) is 18.9 Å². The number of anilines is 1. The van der Waals surface area contributed by atoms with Crippen LogP contribution in [0.2, 0.25) is 0 Å². The largest absolute Gasteiger partial charge is 0.324 e. The molecule has 34 heavy (non-hydrogen) atoms. The zero-order chi connectivity index (χ0) is 23.6. The molecule has 2 aromatic carbocycles. The van der Waals surface area contributed by atoms with Crippen LogP contribution in [0.25, 0.3) is 0 Å². The minimum atomic E-state index is -1.00. The van der Waals surface area contributed by atoms with Crippen molar-refractivity contribution in [3.8, 4) is 0 Å². The van der Waals surface area contributed by atoms with Gasteiger partial charge in [0.05, 0.1) is 16.8 Å². The number of carbonyl (C=O) groups excluding carboxylic acids is 3. The van der Waals surface area contributed by atoms with Crippen LogP contribution in [-0.4, -0.2) is 33.6 Å². The van der Waals surface area contributed by atoms with Crippen molar-refractivity contribution in [1.29, 1.82) is 0 Å². The normalized spacial score (nSPS) is 31.1. The second kappa shape index (κ2) is 7.62. The Labute approximate surface area is 195 Å². The van der Waals surface area contributed by atoms with Gasteiger partial charge in [0.25, 0.3) is 5.69 Å². The van der Waals surface area contributed by atoms with Crippen LogP contribution >= 0.6 is 0 Å². The van der Waals surface area contributed by atoms with Crippen molar-refractivity contribution in [3.63, 3.8) is 0 Å². The molecule has 1 heterocycles. The Bertz CT molecular complexity index is 1190. The number of carbonyl (C=O) groups is 3. The molecular weight excluding hydrogens is 434 g/mol. The van der Waals surface area contributed by atoms with Crippen molar-refractivity contribution in [2.75, 3.05) is 5.32 Å². The van der Waals surface area contributed by atoms with E-state index in [-0.39, 0.29) is 47.6 Å². The molecule has 8 heteroatoms. The number of rotatable bonds is 6. The maximum Gasteiger partial charge on any atom is 0.269 e. The molecule has 2 bridgehead atoms. The van der Waals surface area contributed by atoms with Gasteiger partial charge in [-0.05, 0) is 47.8 Å². The molecule has 4 aliphatic carbocycles. The third-order valence-corrected chi connectivity index (χ3v) is 7.93. The fourth-order valence-electron chi connectivity index (χ4n) is 6.32. The van der Waals surface area contributed by atoms with Crippen LogP contribution in [-0.2, 0) is 20.8 Å². The lowest BCUT2D eigenvalue weighted by atomic mass is 9.63. The highest BCUT2D eigenvalue weighted by Gasteiger charge is 2.67. The molecule has 7 atom stereocenters. The van der Waals surface area contributed by atoms with Crippen LogP contribution in [0.4, 0.5) is 11.4 Å². The lowest BCUT2D eigenvalue weighted by Gasteiger charge is -2.37. The van der Waals surface area contributed by atoms with Gasteiger partial charge < -0.3 is 5.32 Å². The number of nitrogens with one attached hydrogen (secondary N) is 1. The summed E-state index contributed by atoms with van der Waals surface area (Å²) in [6, 6.07) is 13.8. The number of imide groups is 1. The number of non-ortho nitro benzene ring substituents is 1. The van der Waals surface area contributed by atoms with Crippen molar-refractivity contribution >= 4 is 29.1 Å². The summed E-state index contributed by atoms with van der Waals surface area (Å²) >= 11 is 0. The Kier molecular flexibility index (Phi) is 4.65. The van der Waals surface area contributed by atoms with Crippen molar-refractivity contribution in [2.24, 2.45) is 35.5 Å². The van der Waals surface area contributed by atoms with Gasteiger partial charge in [-0.15, -0.1) is 0 Å². The van der Waals surface area contributed by atoms with Gasteiger partial charge in [0.15, 0.2) is 0 Å². The predicted octanol–water partition coefficient (Wildman–Crippen LogP) is 3.20. The lowest BCUT2D eigenvalue weighted by molar-refractivity contribution is -0.384. The van der Waals surface area contributed by atoms with E-state index in [2.05, 4.69) is 17.5 Å². The van der Waals surface area contributed by atoms with Gasteiger partial charge in [-0.2, -0.15) is 0 Å². The first-order valence-electron chi connectivity index (χ1n) is 11.6. The number of allylic oxidation sites excluding steroid dienone is 2. The average molecular weight is 457 g/mol. The topological polar surface area (TPSA) is 110 Å². The highest BCUT2D eigenvalue weighted by atomic mass is 16.6. The highest BCUT2D eigenvalue weighted by molar-refractivity contribution is 6.10. The van der Waals surface area contributed by atoms with E-state index in [1.54, 1.807) is 0 Å². The Morgan fingerprint density at radius 1 is 0.971 bits per heavy atom. The summed E-state index contributed by atoms with van der Waals surface area (Å²) in [5.41, 5.74) is 1.12. The minimum absolute atomic E-state index is 0.0801. The van der Waals surface area contributed by atoms with Crippen LogP contribution in [0.1, 0.15) is 12.0 Å². The molecule has 0 unspecified atom stereocenters. The summed E-state index contributed by atoms with van der Waals surface area (Å²) in [6.07, 6.45) is 5.49. The molecule has 2 saturated carbocycles. The standard InChI is InChI=1S/C26H23N3O5/c30-24(27-15-6-8-16(9-7-15)29(33)34)21(12-14-4-2-1-3-5-14)28-25(31)22-17-10-11-18(20-13-19(17)20)23(22)26(28)32/h1-11,17-23H,12-13H2,(H,27,30)/t17-,18-,19-,20+,21-,22-,23+/m0/s1. The van der Waals surface area contributed by atoms with Gasteiger partial charge in [0.2, 0.25) is 17.7 Å². The van der Waals surface area contributed by atoms with Crippen molar-refractivity contribution in [1.82, 2.24) is 4.90 Å². The zero-order valence-corrected chi connectivity index (χ0v) is 18.2. The van der Waals surface area contributed by atoms with Gasteiger partial charge in [-0.3, -0.25) is 29.4 Å². The van der Waals surface area contributed by atoms with E-state index >= 15 is 0 Å². The first-order chi connectivity index (χ1) is 16.4. The molecule has 5 aliphatic rings. The molecule has 0 aromatic heterocycles. The van der Waals surface area contributed by atoms with Crippen LogP contribution in [0.15, 0.2) is 66.7 Å². The van der Waals surface area contributed by atoms with Crippen LogP contribution in [0, 0.1) is 45.6 Å². The molecule has 1 aliphatic heterocycles. The summed E-state index contributed by atoms with van der Waals surface area (Å²) in [7, 11) is 0. The van der Waals surface area contributed by atoms with E-state index in [1.165, 1.54) is 29.2 Å². The third-order valence-electron chi connectivity index (χ3n) is 7.93. The molecule has 7 rings (SSSR count). The van der Waals surface area contributed by atoms with E-state index in [9.17, 15) is 24.5 Å². The van der Waals surface area contributed by atoms with Gasteiger partial charge in [-0.1, -0.05) is 42.5 Å². The molecule has 8 nitrogen and oxygen atoms in total. The predicted molar refractivity (Wildman–Crippen MR) is 122 cm³/mol. The fraction of sp³-hybridized carbons (Fsp3) is 0.346. The molecular formula is C26H23N3O5. The maximum absolute atomic E-state index is 13.6. The number of nitrogens with zero attached hydrogens (tertiary/aromatic N) is 2. The number of hydrogen-bond acceptors (Lipinski definition) is 5. The van der Waals surface area contributed by atoms with E-state index in [1.807, 2.05) is 30.3 Å². The molecule has 2 aromatic rings. The van der Waals surface area contributed by atoms with Crippen LogP contribution < -0.4 is 5.32 Å². The number of nitro benzene ring substituents is 1. The fourth-order valence-corrected chi connectivity index (χ4v) is 6.32. The Morgan fingerprint density at radius 2 is 1.56 bits per heavy atom. The molecule has 172 valence electrons. The van der Waals surface area contributed by atoms with Gasteiger partial charge in [-0.25, -0.2) is 0 Å². The summed E-state index contributed by atoms with van der Waals surface area (Å²) in [5.74, 6) is -0.618. The Balaban J connectivity index is 1.30. The zero-order valence-electron chi connectivity index (χ0n) is 18.2.